The molecule has 0 amide bonds. The van der Waals surface area contributed by atoms with Crippen molar-refractivity contribution in [3.05, 3.63) is 58.9 Å². The standard InChI is InChI=1S/C17H19ClFN3O2S/c1-20-9-4-10-21-12-13-11-14(19)7-8-16(13)22(25(21,23)24)17-6-3-2-5-15(17)18/h2-3,5-8,11,20H,4,9-10,12H2,1H3. The molecule has 1 aliphatic rings. The minimum atomic E-state index is -3.81. The first-order chi connectivity index (χ1) is 11.9. The summed E-state index contributed by atoms with van der Waals surface area (Å²) in [6.45, 7) is 1.16. The topological polar surface area (TPSA) is 52.6 Å². The van der Waals surface area contributed by atoms with Crippen LogP contribution in [-0.2, 0) is 16.8 Å². The van der Waals surface area contributed by atoms with Gasteiger partial charge in [-0.1, -0.05) is 23.7 Å². The molecule has 3 rings (SSSR count). The number of fused-ring (bicyclic) bond motifs is 1. The second-order valence-corrected chi connectivity index (χ2v) is 7.97. The molecule has 1 aliphatic heterocycles. The van der Waals surface area contributed by atoms with Gasteiger partial charge in [-0.3, -0.25) is 0 Å². The van der Waals surface area contributed by atoms with Gasteiger partial charge in [0.05, 0.1) is 16.4 Å². The van der Waals surface area contributed by atoms with Crippen molar-refractivity contribution in [3.8, 4) is 0 Å². The summed E-state index contributed by atoms with van der Waals surface area (Å²) in [5.41, 5.74) is 1.40. The Hall–Kier alpha value is -1.67. The summed E-state index contributed by atoms with van der Waals surface area (Å²) in [7, 11) is -2.00. The normalized spacial score (nSPS) is 16.7. The molecule has 25 heavy (non-hydrogen) atoms. The summed E-state index contributed by atoms with van der Waals surface area (Å²) in [5, 5.41) is 3.32. The highest BCUT2D eigenvalue weighted by Gasteiger charge is 2.38. The highest BCUT2D eigenvalue weighted by Crippen LogP contribution is 2.41. The Morgan fingerprint density at radius 1 is 1.20 bits per heavy atom. The third kappa shape index (κ3) is 3.50. The predicted octanol–water partition coefficient (Wildman–Crippen LogP) is 3.29. The van der Waals surface area contributed by atoms with Gasteiger partial charge in [-0.05, 0) is 55.9 Å². The molecule has 0 bridgehead atoms. The number of hydrogen-bond donors (Lipinski definition) is 1. The van der Waals surface area contributed by atoms with Crippen LogP contribution in [0.4, 0.5) is 15.8 Å². The molecule has 0 unspecified atom stereocenters. The van der Waals surface area contributed by atoms with Crippen molar-refractivity contribution < 1.29 is 12.8 Å². The number of para-hydroxylation sites is 1. The molecule has 1 heterocycles. The molecule has 1 N–H and O–H groups in total. The Morgan fingerprint density at radius 3 is 2.68 bits per heavy atom. The number of anilines is 2. The lowest BCUT2D eigenvalue weighted by molar-refractivity contribution is 0.391. The maximum absolute atomic E-state index is 13.7. The van der Waals surface area contributed by atoms with Gasteiger partial charge in [0, 0.05) is 13.1 Å². The first kappa shape index (κ1) is 18.1. The molecule has 0 saturated carbocycles. The summed E-state index contributed by atoms with van der Waals surface area (Å²) in [6.07, 6.45) is 0.650. The molecule has 2 aromatic carbocycles. The minimum Gasteiger partial charge on any atom is -0.320 e. The van der Waals surface area contributed by atoms with Gasteiger partial charge in [-0.25, -0.2) is 8.70 Å². The van der Waals surface area contributed by atoms with Crippen LogP contribution in [0.2, 0.25) is 5.02 Å². The molecule has 0 atom stereocenters. The van der Waals surface area contributed by atoms with E-state index in [0.717, 1.165) is 0 Å². The lowest BCUT2D eigenvalue weighted by Crippen LogP contribution is -2.46. The van der Waals surface area contributed by atoms with Crippen LogP contribution in [0.5, 0.6) is 0 Å². The molecule has 0 fully saturated rings. The molecule has 2 aromatic rings. The maximum atomic E-state index is 13.7. The van der Waals surface area contributed by atoms with E-state index >= 15 is 0 Å². The van der Waals surface area contributed by atoms with Crippen molar-refractivity contribution in [1.82, 2.24) is 9.62 Å². The fourth-order valence-corrected chi connectivity index (χ4v) is 4.89. The van der Waals surface area contributed by atoms with Gasteiger partial charge >= 0.3 is 10.2 Å². The van der Waals surface area contributed by atoms with Crippen molar-refractivity contribution in [2.75, 3.05) is 24.4 Å². The molecule has 0 aromatic heterocycles. The second-order valence-electron chi connectivity index (χ2n) is 5.79. The molecule has 0 spiro atoms. The van der Waals surface area contributed by atoms with Crippen molar-refractivity contribution in [2.24, 2.45) is 0 Å². The quantitative estimate of drug-likeness (QED) is 0.806. The van der Waals surface area contributed by atoms with E-state index in [0.29, 0.717) is 41.5 Å². The first-order valence-electron chi connectivity index (χ1n) is 7.93. The highest BCUT2D eigenvalue weighted by atomic mass is 35.5. The number of nitrogens with zero attached hydrogens (tertiary/aromatic N) is 2. The van der Waals surface area contributed by atoms with Gasteiger partial charge in [-0.2, -0.15) is 12.7 Å². The van der Waals surface area contributed by atoms with Gasteiger partial charge < -0.3 is 5.32 Å². The van der Waals surface area contributed by atoms with Gasteiger partial charge in [-0.15, -0.1) is 0 Å². The molecule has 5 nitrogen and oxygen atoms in total. The molecule has 0 saturated heterocycles. The van der Waals surface area contributed by atoms with Crippen LogP contribution < -0.4 is 9.62 Å². The number of halogens is 2. The first-order valence-corrected chi connectivity index (χ1v) is 9.70. The van der Waals surface area contributed by atoms with Crippen LogP contribution in [0, 0.1) is 5.82 Å². The summed E-state index contributed by atoms with van der Waals surface area (Å²) in [5.74, 6) is -0.396. The number of rotatable bonds is 5. The van der Waals surface area contributed by atoms with Crippen LogP contribution in [0.3, 0.4) is 0 Å². The number of nitrogens with one attached hydrogen (secondary N) is 1. The van der Waals surface area contributed by atoms with E-state index in [1.54, 1.807) is 24.3 Å². The Kier molecular flexibility index (Phi) is 5.29. The Bertz CT molecular complexity index is 876. The zero-order chi connectivity index (χ0) is 18.0. The molecule has 8 heteroatoms. The predicted molar refractivity (Wildman–Crippen MR) is 97.9 cm³/mol. The van der Waals surface area contributed by atoms with Crippen LogP contribution in [0.1, 0.15) is 12.0 Å². The fraction of sp³-hybridized carbons (Fsp3) is 0.294. The zero-order valence-corrected chi connectivity index (χ0v) is 15.3. The van der Waals surface area contributed by atoms with Crippen LogP contribution in [0.15, 0.2) is 42.5 Å². The highest BCUT2D eigenvalue weighted by molar-refractivity contribution is 7.91. The number of benzene rings is 2. The van der Waals surface area contributed by atoms with Gasteiger partial charge in [0.2, 0.25) is 0 Å². The fourth-order valence-electron chi connectivity index (χ4n) is 2.89. The Labute approximate surface area is 152 Å². The Morgan fingerprint density at radius 2 is 1.96 bits per heavy atom. The van der Waals surface area contributed by atoms with Crippen LogP contribution in [0.25, 0.3) is 0 Å². The van der Waals surface area contributed by atoms with E-state index in [2.05, 4.69) is 5.32 Å². The summed E-state index contributed by atoms with van der Waals surface area (Å²) < 4.78 is 42.6. The zero-order valence-electron chi connectivity index (χ0n) is 13.7. The largest absolute Gasteiger partial charge is 0.320 e. The van der Waals surface area contributed by atoms with Crippen molar-refractivity contribution in [3.63, 3.8) is 0 Å². The summed E-state index contributed by atoms with van der Waals surface area (Å²) in [4.78, 5) is 0. The molecule has 0 aliphatic carbocycles. The van der Waals surface area contributed by atoms with Crippen LogP contribution in [-0.4, -0.2) is 32.9 Å². The van der Waals surface area contributed by atoms with Crippen molar-refractivity contribution >= 4 is 33.2 Å². The van der Waals surface area contributed by atoms with Gasteiger partial charge in [0.15, 0.2) is 0 Å². The SMILES string of the molecule is CNCCCN1Cc2cc(F)ccc2N(c2ccccc2Cl)S1(=O)=O. The van der Waals surface area contributed by atoms with Crippen molar-refractivity contribution in [2.45, 2.75) is 13.0 Å². The van der Waals surface area contributed by atoms with Crippen LogP contribution >= 0.6 is 11.6 Å². The number of hydrogen-bond acceptors (Lipinski definition) is 3. The lowest BCUT2D eigenvalue weighted by atomic mass is 10.1. The Balaban J connectivity index is 2.12. The van der Waals surface area contributed by atoms with Gasteiger partial charge in [0.1, 0.15) is 5.82 Å². The summed E-state index contributed by atoms with van der Waals surface area (Å²) in [6, 6.07) is 10.8. The van der Waals surface area contributed by atoms with E-state index in [1.165, 1.54) is 26.8 Å². The van der Waals surface area contributed by atoms with E-state index in [-0.39, 0.29) is 6.54 Å². The molecular weight excluding hydrogens is 365 g/mol. The second kappa shape index (κ2) is 7.29. The van der Waals surface area contributed by atoms with E-state index in [4.69, 9.17) is 11.6 Å². The average molecular weight is 384 g/mol. The average Bonchev–Trinajstić information content (AvgIpc) is 2.57. The monoisotopic (exact) mass is 383 g/mol. The van der Waals surface area contributed by atoms with E-state index in [9.17, 15) is 12.8 Å². The maximum Gasteiger partial charge on any atom is 0.308 e. The third-order valence-corrected chi connectivity index (χ3v) is 6.21. The molecule has 0 radical (unpaired) electrons. The van der Waals surface area contributed by atoms with Crippen molar-refractivity contribution in [1.29, 1.82) is 0 Å². The lowest BCUT2D eigenvalue weighted by Gasteiger charge is -2.37. The van der Waals surface area contributed by atoms with Gasteiger partial charge in [0.25, 0.3) is 0 Å². The smallest absolute Gasteiger partial charge is 0.308 e. The minimum absolute atomic E-state index is 0.139. The third-order valence-electron chi connectivity index (χ3n) is 4.07. The van der Waals surface area contributed by atoms with E-state index in [1.807, 2.05) is 7.05 Å². The molecular formula is C17H19ClFN3O2S. The summed E-state index contributed by atoms with van der Waals surface area (Å²) >= 11 is 6.25. The molecule has 134 valence electrons. The van der Waals surface area contributed by atoms with E-state index < -0.39 is 16.0 Å².